The molecule has 0 bridgehead atoms. The molecule has 0 radical (unpaired) electrons. The Morgan fingerprint density at radius 2 is 2.10 bits per heavy atom. The predicted molar refractivity (Wildman–Crippen MR) is 103 cm³/mol. The average Bonchev–Trinajstić information content (AvgIpc) is 3.49. The summed E-state index contributed by atoms with van der Waals surface area (Å²) in [6.07, 6.45) is 3.28. The van der Waals surface area contributed by atoms with Crippen molar-refractivity contribution in [1.82, 2.24) is 29.5 Å². The predicted octanol–water partition coefficient (Wildman–Crippen LogP) is 2.09. The van der Waals surface area contributed by atoms with E-state index in [1.165, 1.54) is 17.1 Å². The van der Waals surface area contributed by atoms with Crippen LogP contribution in [0.1, 0.15) is 41.3 Å². The number of aromatic nitrogens is 6. The first-order valence-corrected chi connectivity index (χ1v) is 9.53. The molecule has 150 valence electrons. The van der Waals surface area contributed by atoms with Crippen LogP contribution in [0.2, 0.25) is 5.02 Å². The zero-order valence-electron chi connectivity index (χ0n) is 15.5. The van der Waals surface area contributed by atoms with Gasteiger partial charge in [-0.05, 0) is 24.1 Å². The zero-order valence-corrected chi connectivity index (χ0v) is 16.2. The van der Waals surface area contributed by atoms with E-state index >= 15 is 0 Å². The van der Waals surface area contributed by atoms with Gasteiger partial charge in [-0.25, -0.2) is 0 Å². The monoisotopic (exact) mass is 423 g/mol. The van der Waals surface area contributed by atoms with Crippen molar-refractivity contribution in [2.75, 3.05) is 6.61 Å². The van der Waals surface area contributed by atoms with Crippen LogP contribution in [0.25, 0.3) is 5.52 Å². The lowest BCUT2D eigenvalue weighted by atomic mass is 10.0. The Bertz CT molecular complexity index is 1320. The summed E-state index contributed by atoms with van der Waals surface area (Å²) in [5, 5.41) is 21.8. The molecular weight excluding hydrogens is 410 g/mol. The third-order valence-corrected chi connectivity index (χ3v) is 5.28. The molecule has 1 aromatic carbocycles. The molecule has 30 heavy (non-hydrogen) atoms. The lowest BCUT2D eigenvalue weighted by Gasteiger charge is -2.09. The maximum Gasteiger partial charge on any atom is 0.281 e. The van der Waals surface area contributed by atoms with Crippen LogP contribution in [-0.2, 0) is 11.3 Å². The topological polar surface area (TPSA) is 124 Å². The molecule has 4 aromatic rings. The van der Waals surface area contributed by atoms with Gasteiger partial charge in [0.05, 0.1) is 18.9 Å². The number of benzene rings is 1. The Balaban J connectivity index is 1.34. The first-order valence-electron chi connectivity index (χ1n) is 9.15. The summed E-state index contributed by atoms with van der Waals surface area (Å²) in [5.74, 6) is 0.789. The van der Waals surface area contributed by atoms with E-state index in [1.807, 2.05) is 30.3 Å². The molecule has 0 unspecified atom stereocenters. The highest BCUT2D eigenvalue weighted by molar-refractivity contribution is 6.30. The van der Waals surface area contributed by atoms with Crippen LogP contribution in [0.3, 0.4) is 0 Å². The Morgan fingerprint density at radius 3 is 2.90 bits per heavy atom. The van der Waals surface area contributed by atoms with E-state index in [9.17, 15) is 4.79 Å². The summed E-state index contributed by atoms with van der Waals surface area (Å²) in [5.41, 5.74) is 0.899. The molecule has 0 aliphatic carbocycles. The second-order valence-electron chi connectivity index (χ2n) is 6.92. The van der Waals surface area contributed by atoms with Gasteiger partial charge in [-0.3, -0.25) is 9.36 Å². The van der Waals surface area contributed by atoms with Gasteiger partial charge >= 0.3 is 0 Å². The van der Waals surface area contributed by atoms with Crippen molar-refractivity contribution in [3.05, 3.63) is 75.0 Å². The van der Waals surface area contributed by atoms with Gasteiger partial charge in [0.15, 0.2) is 11.3 Å². The van der Waals surface area contributed by atoms with Crippen LogP contribution in [0, 0.1) is 11.3 Å². The van der Waals surface area contributed by atoms with Crippen molar-refractivity contribution in [3.63, 3.8) is 0 Å². The van der Waals surface area contributed by atoms with E-state index in [1.54, 1.807) is 0 Å². The number of fused-ring (bicyclic) bond motifs is 1. The summed E-state index contributed by atoms with van der Waals surface area (Å²) in [4.78, 5) is 17.1. The van der Waals surface area contributed by atoms with Crippen molar-refractivity contribution in [2.45, 2.75) is 25.0 Å². The minimum Gasteiger partial charge on any atom is -0.373 e. The SMILES string of the molecule is N#Cc1cnn2ncn(Cc3nc([C@@H]4CO[C@@H](c5ccc(Cl)cc5)C4)no3)c(=O)c12. The van der Waals surface area contributed by atoms with E-state index in [-0.39, 0.29) is 35.5 Å². The summed E-state index contributed by atoms with van der Waals surface area (Å²) >= 11 is 5.94. The summed E-state index contributed by atoms with van der Waals surface area (Å²) < 4.78 is 13.7. The minimum atomic E-state index is -0.411. The molecule has 2 atom stereocenters. The van der Waals surface area contributed by atoms with Crippen LogP contribution in [0.5, 0.6) is 0 Å². The fourth-order valence-electron chi connectivity index (χ4n) is 3.48. The van der Waals surface area contributed by atoms with Gasteiger partial charge in [0, 0.05) is 10.9 Å². The lowest BCUT2D eigenvalue weighted by Crippen LogP contribution is -2.24. The van der Waals surface area contributed by atoms with Crippen molar-refractivity contribution >= 4 is 17.1 Å². The molecule has 1 aliphatic rings. The van der Waals surface area contributed by atoms with Gasteiger partial charge in [-0.2, -0.15) is 15.3 Å². The molecular formula is C19H14ClN7O3. The quantitative estimate of drug-likeness (QED) is 0.488. The standard InChI is InChI=1S/C19H14ClN7O3/c20-14-3-1-11(2-4-14)15-5-12(9-29-15)18-24-16(30-25-18)8-26-10-23-27-17(19(26)28)13(6-21)7-22-27/h1-4,7,10,12,15H,5,8-9H2/t12-,15+/m0/s1. The molecule has 5 rings (SSSR count). The Morgan fingerprint density at radius 1 is 1.27 bits per heavy atom. The first kappa shape index (κ1) is 18.5. The van der Waals surface area contributed by atoms with Crippen LogP contribution in [-0.4, -0.2) is 36.1 Å². The normalized spacial score (nSPS) is 18.7. The summed E-state index contributed by atoms with van der Waals surface area (Å²) in [6, 6.07) is 9.49. The molecule has 0 spiro atoms. The van der Waals surface area contributed by atoms with Gasteiger partial charge in [0.2, 0.25) is 5.89 Å². The highest BCUT2D eigenvalue weighted by Crippen LogP contribution is 2.37. The second kappa shape index (κ2) is 7.37. The fraction of sp³-hybridized carbons (Fsp3) is 0.263. The van der Waals surface area contributed by atoms with E-state index in [2.05, 4.69) is 20.3 Å². The summed E-state index contributed by atoms with van der Waals surface area (Å²) in [6.45, 7) is 0.515. The Labute approximate surface area is 174 Å². The van der Waals surface area contributed by atoms with Crippen LogP contribution in [0.4, 0.5) is 0 Å². The maximum absolute atomic E-state index is 12.7. The first-order chi connectivity index (χ1) is 14.6. The maximum atomic E-state index is 12.7. The Hall–Kier alpha value is -3.55. The number of halogens is 1. The average molecular weight is 424 g/mol. The number of hydrogen-bond acceptors (Lipinski definition) is 8. The van der Waals surface area contributed by atoms with E-state index in [0.717, 1.165) is 16.6 Å². The molecule has 4 heterocycles. The minimum absolute atomic E-state index is 0.0134. The highest BCUT2D eigenvalue weighted by Gasteiger charge is 2.31. The molecule has 0 N–H and O–H groups in total. The van der Waals surface area contributed by atoms with E-state index < -0.39 is 5.56 Å². The highest BCUT2D eigenvalue weighted by atomic mass is 35.5. The third kappa shape index (κ3) is 3.24. The number of nitrogens with zero attached hydrogens (tertiary/aromatic N) is 7. The molecule has 0 amide bonds. The Kier molecular flexibility index (Phi) is 4.54. The molecule has 0 saturated carbocycles. The molecule has 3 aromatic heterocycles. The number of hydrogen-bond donors (Lipinski definition) is 0. The van der Waals surface area contributed by atoms with Crippen molar-refractivity contribution in [1.29, 1.82) is 5.26 Å². The van der Waals surface area contributed by atoms with Gasteiger partial charge < -0.3 is 9.26 Å². The van der Waals surface area contributed by atoms with Gasteiger partial charge in [-0.15, -0.1) is 9.73 Å². The van der Waals surface area contributed by atoms with Gasteiger partial charge in [0.1, 0.15) is 24.5 Å². The number of ether oxygens (including phenoxy) is 1. The molecule has 10 nitrogen and oxygen atoms in total. The number of rotatable bonds is 4. The van der Waals surface area contributed by atoms with Crippen LogP contribution >= 0.6 is 11.6 Å². The fourth-order valence-corrected chi connectivity index (χ4v) is 3.61. The molecule has 11 heteroatoms. The van der Waals surface area contributed by atoms with Crippen LogP contribution in [0.15, 0.2) is 46.1 Å². The van der Waals surface area contributed by atoms with Crippen LogP contribution < -0.4 is 5.56 Å². The van der Waals surface area contributed by atoms with E-state index in [0.29, 0.717) is 17.5 Å². The largest absolute Gasteiger partial charge is 0.373 e. The van der Waals surface area contributed by atoms with Crippen molar-refractivity contribution < 1.29 is 9.26 Å². The molecule has 1 saturated heterocycles. The number of nitriles is 1. The molecule has 1 aliphatic heterocycles. The summed E-state index contributed by atoms with van der Waals surface area (Å²) in [7, 11) is 0. The van der Waals surface area contributed by atoms with Crippen molar-refractivity contribution in [2.24, 2.45) is 0 Å². The van der Waals surface area contributed by atoms with Gasteiger partial charge in [-0.1, -0.05) is 28.9 Å². The van der Waals surface area contributed by atoms with Crippen molar-refractivity contribution in [3.8, 4) is 6.07 Å². The second-order valence-corrected chi connectivity index (χ2v) is 7.36. The smallest absolute Gasteiger partial charge is 0.281 e. The molecule has 1 fully saturated rings. The van der Waals surface area contributed by atoms with E-state index in [4.69, 9.17) is 26.1 Å². The van der Waals surface area contributed by atoms with Gasteiger partial charge in [0.25, 0.3) is 5.56 Å². The lowest BCUT2D eigenvalue weighted by molar-refractivity contribution is 0.110. The third-order valence-electron chi connectivity index (χ3n) is 5.03. The zero-order chi connectivity index (χ0) is 20.7.